The van der Waals surface area contributed by atoms with Crippen molar-refractivity contribution in [2.45, 2.75) is 13.8 Å². The van der Waals surface area contributed by atoms with Crippen LogP contribution in [0, 0.1) is 0 Å². The lowest BCUT2D eigenvalue weighted by atomic mass is 10.3. The molecule has 1 aromatic rings. The second-order valence-electron chi connectivity index (χ2n) is 3.29. The molecule has 2 nitrogen and oxygen atoms in total. The first-order valence-electron chi connectivity index (χ1n) is 5.47. The largest absolute Gasteiger partial charge is 0.378 e. The Morgan fingerprint density at radius 2 is 2.06 bits per heavy atom. The van der Waals surface area contributed by atoms with Crippen LogP contribution < -0.4 is 0 Å². The Balaban J connectivity index is 2.58. The number of rotatable bonds is 5. The quantitative estimate of drug-likeness (QED) is 0.765. The van der Waals surface area contributed by atoms with E-state index in [0.29, 0.717) is 0 Å². The fourth-order valence-corrected chi connectivity index (χ4v) is 1.66. The van der Waals surface area contributed by atoms with Gasteiger partial charge in [-0.2, -0.15) is 0 Å². The summed E-state index contributed by atoms with van der Waals surface area (Å²) < 4.78 is 1.02. The van der Waals surface area contributed by atoms with Crippen LogP contribution in [0.4, 0.5) is 0 Å². The van der Waals surface area contributed by atoms with Gasteiger partial charge in [0.15, 0.2) is 0 Å². The van der Waals surface area contributed by atoms with Crippen LogP contribution >= 0.6 is 15.9 Å². The highest BCUT2D eigenvalue weighted by Crippen LogP contribution is 2.14. The average Bonchev–Trinajstić information content (AvgIpc) is 2.31. The molecule has 0 aliphatic rings. The Morgan fingerprint density at radius 3 is 2.69 bits per heavy atom. The van der Waals surface area contributed by atoms with Crippen LogP contribution in [-0.4, -0.2) is 23.0 Å². The predicted octanol–water partition coefficient (Wildman–Crippen LogP) is 3.71. The van der Waals surface area contributed by atoms with Gasteiger partial charge in [-0.25, -0.2) is 0 Å². The van der Waals surface area contributed by atoms with Gasteiger partial charge in [0.05, 0.1) is 5.69 Å². The summed E-state index contributed by atoms with van der Waals surface area (Å²) in [6.07, 6.45) is 9.91. The number of nitrogens with zero attached hydrogens (tertiary/aromatic N) is 2. The Bertz CT molecular complexity index is 368. The number of hydrogen-bond donors (Lipinski definition) is 0. The molecule has 0 N–H and O–H groups in total. The molecule has 0 radical (unpaired) electrons. The monoisotopic (exact) mass is 280 g/mol. The molecule has 0 saturated carbocycles. The fraction of sp³-hybridized carbons (Fsp3) is 0.308. The topological polar surface area (TPSA) is 16.1 Å². The molecule has 0 spiro atoms. The van der Waals surface area contributed by atoms with Crippen LogP contribution in [0.15, 0.2) is 41.2 Å². The zero-order valence-electron chi connectivity index (χ0n) is 9.73. The van der Waals surface area contributed by atoms with E-state index in [4.69, 9.17) is 0 Å². The van der Waals surface area contributed by atoms with Crippen molar-refractivity contribution >= 4 is 22.0 Å². The molecule has 16 heavy (non-hydrogen) atoms. The Kier molecular flexibility index (Phi) is 5.86. The highest BCUT2D eigenvalue weighted by Gasteiger charge is 1.93. The minimum absolute atomic E-state index is 0.951. The predicted molar refractivity (Wildman–Crippen MR) is 73.0 cm³/mol. The van der Waals surface area contributed by atoms with Crippen molar-refractivity contribution in [3.63, 3.8) is 0 Å². The summed E-state index contributed by atoms with van der Waals surface area (Å²) in [5.74, 6) is 0. The van der Waals surface area contributed by atoms with E-state index in [1.54, 1.807) is 6.20 Å². The van der Waals surface area contributed by atoms with Crippen molar-refractivity contribution in [1.82, 2.24) is 9.88 Å². The van der Waals surface area contributed by atoms with E-state index < -0.39 is 0 Å². The van der Waals surface area contributed by atoms with E-state index in [1.165, 1.54) is 0 Å². The summed E-state index contributed by atoms with van der Waals surface area (Å²) in [4.78, 5) is 6.49. The van der Waals surface area contributed by atoms with Crippen LogP contribution in [0.1, 0.15) is 19.5 Å². The summed E-state index contributed by atoms with van der Waals surface area (Å²) in [7, 11) is 0. The molecule has 0 bridgehead atoms. The maximum atomic E-state index is 4.25. The maximum Gasteiger partial charge on any atom is 0.0771 e. The molecule has 1 aromatic heterocycles. The number of aromatic nitrogens is 1. The second kappa shape index (κ2) is 7.23. The zero-order chi connectivity index (χ0) is 11.8. The van der Waals surface area contributed by atoms with Gasteiger partial charge < -0.3 is 4.90 Å². The Labute approximate surface area is 106 Å². The van der Waals surface area contributed by atoms with Crippen molar-refractivity contribution in [3.05, 3.63) is 46.8 Å². The minimum atomic E-state index is 0.951. The van der Waals surface area contributed by atoms with Crippen LogP contribution in [0.25, 0.3) is 6.08 Å². The molecule has 3 heteroatoms. The molecule has 0 aliphatic carbocycles. The van der Waals surface area contributed by atoms with E-state index in [1.807, 2.05) is 30.4 Å². The first kappa shape index (κ1) is 13.0. The smallest absolute Gasteiger partial charge is 0.0771 e. The van der Waals surface area contributed by atoms with Crippen LogP contribution in [0.2, 0.25) is 0 Å². The average molecular weight is 281 g/mol. The van der Waals surface area contributed by atoms with Gasteiger partial charge in [-0.05, 0) is 60.3 Å². The Morgan fingerprint density at radius 1 is 1.31 bits per heavy atom. The molecule has 86 valence electrons. The molecule has 1 heterocycles. The van der Waals surface area contributed by atoms with E-state index in [9.17, 15) is 0 Å². The molecule has 0 amide bonds. The molecule has 0 saturated heterocycles. The summed E-state index contributed by atoms with van der Waals surface area (Å²) in [5, 5.41) is 0. The number of hydrogen-bond acceptors (Lipinski definition) is 2. The van der Waals surface area contributed by atoms with E-state index in [2.05, 4.69) is 45.9 Å². The highest BCUT2D eigenvalue weighted by molar-refractivity contribution is 9.10. The lowest BCUT2D eigenvalue weighted by Gasteiger charge is -2.13. The van der Waals surface area contributed by atoms with E-state index in [0.717, 1.165) is 23.3 Å². The fourth-order valence-electron chi connectivity index (χ4n) is 1.27. The van der Waals surface area contributed by atoms with Crippen molar-refractivity contribution in [2.75, 3.05) is 13.1 Å². The van der Waals surface area contributed by atoms with Crippen LogP contribution in [0.5, 0.6) is 0 Å². The van der Waals surface area contributed by atoms with E-state index >= 15 is 0 Å². The summed E-state index contributed by atoms with van der Waals surface area (Å²) >= 11 is 3.46. The summed E-state index contributed by atoms with van der Waals surface area (Å²) in [6.45, 7) is 6.36. The molecular formula is C13H17BrN2. The first-order valence-corrected chi connectivity index (χ1v) is 6.26. The van der Waals surface area contributed by atoms with Gasteiger partial charge in [-0.3, -0.25) is 4.98 Å². The molecule has 0 aromatic carbocycles. The highest BCUT2D eigenvalue weighted by atomic mass is 79.9. The standard InChI is InChI=1S/C13H17BrN2/c1-3-16(4-2)11-6-5-9-13-12(14)8-7-10-15-13/h5-11H,3-4H2,1-2H3/b9-5-,11-6+. The van der Waals surface area contributed by atoms with Gasteiger partial charge in [0, 0.05) is 23.8 Å². The molecule has 0 fully saturated rings. The molecule has 1 rings (SSSR count). The van der Waals surface area contributed by atoms with E-state index in [-0.39, 0.29) is 0 Å². The Hall–Kier alpha value is -1.09. The summed E-state index contributed by atoms with van der Waals surface area (Å²) in [5.41, 5.74) is 0.951. The normalized spacial score (nSPS) is 11.4. The van der Waals surface area contributed by atoms with Crippen LogP contribution in [0.3, 0.4) is 0 Å². The first-order chi connectivity index (χ1) is 7.77. The number of allylic oxidation sites excluding steroid dienone is 2. The van der Waals surface area contributed by atoms with Gasteiger partial charge in [-0.15, -0.1) is 0 Å². The maximum absolute atomic E-state index is 4.25. The van der Waals surface area contributed by atoms with Gasteiger partial charge in [0.2, 0.25) is 0 Å². The number of halogens is 1. The summed E-state index contributed by atoms with van der Waals surface area (Å²) in [6, 6.07) is 3.90. The van der Waals surface area contributed by atoms with Crippen molar-refractivity contribution in [3.8, 4) is 0 Å². The molecule has 0 unspecified atom stereocenters. The van der Waals surface area contributed by atoms with Gasteiger partial charge in [-0.1, -0.05) is 6.08 Å². The van der Waals surface area contributed by atoms with Crippen LogP contribution in [-0.2, 0) is 0 Å². The third-order valence-electron chi connectivity index (χ3n) is 2.26. The SMILES string of the molecule is CCN(/C=C/C=C\c1ncccc1Br)CC. The third-order valence-corrected chi connectivity index (χ3v) is 2.93. The van der Waals surface area contributed by atoms with Crippen molar-refractivity contribution < 1.29 is 0 Å². The molecular weight excluding hydrogens is 264 g/mol. The minimum Gasteiger partial charge on any atom is -0.378 e. The van der Waals surface area contributed by atoms with Gasteiger partial charge in [0.1, 0.15) is 0 Å². The van der Waals surface area contributed by atoms with Gasteiger partial charge in [0.25, 0.3) is 0 Å². The molecule has 0 aliphatic heterocycles. The number of pyridine rings is 1. The zero-order valence-corrected chi connectivity index (χ0v) is 11.3. The molecule has 0 atom stereocenters. The third kappa shape index (κ3) is 4.19. The van der Waals surface area contributed by atoms with Crippen molar-refractivity contribution in [2.24, 2.45) is 0 Å². The lowest BCUT2D eigenvalue weighted by molar-refractivity contribution is 0.419. The van der Waals surface area contributed by atoms with Crippen molar-refractivity contribution in [1.29, 1.82) is 0 Å². The van der Waals surface area contributed by atoms with Gasteiger partial charge >= 0.3 is 0 Å². The second-order valence-corrected chi connectivity index (χ2v) is 4.15. The lowest BCUT2D eigenvalue weighted by Crippen LogP contribution is -2.14.